The Balaban J connectivity index is 2.36. The van der Waals surface area contributed by atoms with Crippen LogP contribution in [-0.4, -0.2) is 5.11 Å². The molecule has 0 bridgehead atoms. The van der Waals surface area contributed by atoms with Crippen molar-refractivity contribution in [1.82, 2.24) is 0 Å². The molecule has 1 aliphatic rings. The van der Waals surface area contributed by atoms with Crippen LogP contribution in [0.5, 0.6) is 0 Å². The molecule has 0 atom stereocenters. The van der Waals surface area contributed by atoms with Gasteiger partial charge in [-0.1, -0.05) is 48.9 Å². The van der Waals surface area contributed by atoms with Gasteiger partial charge in [0.05, 0.1) is 5.60 Å². The molecule has 0 aromatic heterocycles. The molecule has 0 spiro atoms. The fraction of sp³-hybridized carbons (Fsp3) is 0.538. The number of aliphatic hydroxyl groups is 1. The summed E-state index contributed by atoms with van der Waals surface area (Å²) in [6.45, 7) is 0. The lowest BCUT2D eigenvalue weighted by molar-refractivity contribution is 0.0208. The van der Waals surface area contributed by atoms with E-state index in [4.69, 9.17) is 23.2 Å². The summed E-state index contributed by atoms with van der Waals surface area (Å²) in [4.78, 5) is 0. The Kier molecular flexibility index (Phi) is 3.78. The first kappa shape index (κ1) is 12.2. The number of halogens is 2. The SMILES string of the molecule is OC1(c2cc(Cl)ccc2Cl)CCCCCC1. The molecular weight excluding hydrogens is 243 g/mol. The summed E-state index contributed by atoms with van der Waals surface area (Å²) in [6, 6.07) is 5.32. The molecule has 1 fully saturated rings. The van der Waals surface area contributed by atoms with Crippen LogP contribution in [0.25, 0.3) is 0 Å². The van der Waals surface area contributed by atoms with E-state index in [1.807, 2.05) is 0 Å². The van der Waals surface area contributed by atoms with Gasteiger partial charge >= 0.3 is 0 Å². The van der Waals surface area contributed by atoms with Gasteiger partial charge in [0, 0.05) is 15.6 Å². The highest BCUT2D eigenvalue weighted by Crippen LogP contribution is 2.40. The van der Waals surface area contributed by atoms with E-state index >= 15 is 0 Å². The van der Waals surface area contributed by atoms with Crippen molar-refractivity contribution in [3.8, 4) is 0 Å². The predicted molar refractivity (Wildman–Crippen MR) is 68.1 cm³/mol. The van der Waals surface area contributed by atoms with E-state index in [0.29, 0.717) is 10.0 Å². The highest BCUT2D eigenvalue weighted by Gasteiger charge is 2.31. The molecule has 1 aromatic rings. The normalized spacial score (nSPS) is 20.4. The van der Waals surface area contributed by atoms with Crippen molar-refractivity contribution < 1.29 is 5.11 Å². The summed E-state index contributed by atoms with van der Waals surface area (Å²) >= 11 is 12.1. The maximum atomic E-state index is 10.7. The van der Waals surface area contributed by atoms with Crippen molar-refractivity contribution in [2.75, 3.05) is 0 Å². The van der Waals surface area contributed by atoms with Crippen molar-refractivity contribution in [2.45, 2.75) is 44.1 Å². The van der Waals surface area contributed by atoms with E-state index in [9.17, 15) is 5.11 Å². The third-order valence-electron chi connectivity index (χ3n) is 3.36. The van der Waals surface area contributed by atoms with Crippen LogP contribution < -0.4 is 0 Å². The van der Waals surface area contributed by atoms with E-state index in [0.717, 1.165) is 31.2 Å². The fourth-order valence-electron chi connectivity index (χ4n) is 2.44. The molecule has 0 unspecified atom stereocenters. The second-order valence-electron chi connectivity index (χ2n) is 4.57. The summed E-state index contributed by atoms with van der Waals surface area (Å²) in [7, 11) is 0. The molecular formula is C13H16Cl2O. The molecule has 1 aromatic carbocycles. The lowest BCUT2D eigenvalue weighted by atomic mass is 9.86. The van der Waals surface area contributed by atoms with Crippen molar-refractivity contribution >= 4 is 23.2 Å². The summed E-state index contributed by atoms with van der Waals surface area (Å²) < 4.78 is 0. The van der Waals surface area contributed by atoms with E-state index in [2.05, 4.69) is 0 Å². The number of benzene rings is 1. The third kappa shape index (κ3) is 2.53. The summed E-state index contributed by atoms with van der Waals surface area (Å²) in [6.07, 6.45) is 6.07. The molecule has 3 heteroatoms. The molecule has 1 aliphatic carbocycles. The fourth-order valence-corrected chi connectivity index (χ4v) is 2.90. The standard InChI is InChI=1S/C13H16Cl2O/c14-10-5-6-12(15)11(9-10)13(16)7-3-1-2-4-8-13/h5-6,9,16H,1-4,7-8H2. The molecule has 88 valence electrons. The molecule has 0 saturated heterocycles. The van der Waals surface area contributed by atoms with Gasteiger partial charge in [0.15, 0.2) is 0 Å². The van der Waals surface area contributed by atoms with Gasteiger partial charge in [0.2, 0.25) is 0 Å². The first-order valence-corrected chi connectivity index (χ1v) is 6.55. The third-order valence-corrected chi connectivity index (χ3v) is 3.93. The Hall–Kier alpha value is -0.240. The second-order valence-corrected chi connectivity index (χ2v) is 5.41. The van der Waals surface area contributed by atoms with E-state index in [1.165, 1.54) is 12.8 Å². The smallest absolute Gasteiger partial charge is 0.0911 e. The maximum absolute atomic E-state index is 10.7. The maximum Gasteiger partial charge on any atom is 0.0911 e. The largest absolute Gasteiger partial charge is 0.385 e. The summed E-state index contributed by atoms with van der Waals surface area (Å²) in [5, 5.41) is 11.9. The molecule has 16 heavy (non-hydrogen) atoms. The van der Waals surface area contributed by atoms with Crippen LogP contribution in [0.3, 0.4) is 0 Å². The lowest BCUT2D eigenvalue weighted by Crippen LogP contribution is -2.25. The monoisotopic (exact) mass is 258 g/mol. The second kappa shape index (κ2) is 4.95. The molecule has 1 saturated carbocycles. The molecule has 2 rings (SSSR count). The molecule has 0 amide bonds. The summed E-state index contributed by atoms with van der Waals surface area (Å²) in [5.74, 6) is 0. The minimum atomic E-state index is -0.779. The Labute approximate surface area is 106 Å². The van der Waals surface area contributed by atoms with Gasteiger partial charge in [-0.2, -0.15) is 0 Å². The zero-order chi connectivity index (χ0) is 11.6. The molecule has 0 heterocycles. The quantitative estimate of drug-likeness (QED) is 0.734. The Bertz CT molecular complexity index is 368. The first-order chi connectivity index (χ1) is 7.62. The van der Waals surface area contributed by atoms with Gasteiger partial charge in [0.25, 0.3) is 0 Å². The molecule has 1 N–H and O–H groups in total. The van der Waals surface area contributed by atoms with Gasteiger partial charge in [-0.25, -0.2) is 0 Å². The predicted octanol–water partition coefficient (Wildman–Crippen LogP) is 4.54. The minimum absolute atomic E-state index is 0.619. The number of hydrogen-bond donors (Lipinski definition) is 1. The van der Waals surface area contributed by atoms with Crippen LogP contribution in [0.4, 0.5) is 0 Å². The van der Waals surface area contributed by atoms with Crippen LogP contribution in [0.2, 0.25) is 10.0 Å². The summed E-state index contributed by atoms with van der Waals surface area (Å²) in [5.41, 5.74) is 0.0157. The van der Waals surface area contributed by atoms with E-state index in [1.54, 1.807) is 18.2 Å². The number of hydrogen-bond acceptors (Lipinski definition) is 1. The zero-order valence-corrected chi connectivity index (χ0v) is 10.7. The lowest BCUT2D eigenvalue weighted by Gasteiger charge is -2.28. The van der Waals surface area contributed by atoms with Crippen molar-refractivity contribution in [3.63, 3.8) is 0 Å². The first-order valence-electron chi connectivity index (χ1n) is 5.80. The molecule has 0 radical (unpaired) electrons. The number of rotatable bonds is 1. The van der Waals surface area contributed by atoms with E-state index in [-0.39, 0.29) is 0 Å². The van der Waals surface area contributed by atoms with Crippen LogP contribution in [0.15, 0.2) is 18.2 Å². The van der Waals surface area contributed by atoms with Crippen LogP contribution in [0.1, 0.15) is 44.1 Å². The topological polar surface area (TPSA) is 20.2 Å². The van der Waals surface area contributed by atoms with Gasteiger partial charge in [-0.3, -0.25) is 0 Å². The minimum Gasteiger partial charge on any atom is -0.385 e. The van der Waals surface area contributed by atoms with Gasteiger partial charge in [-0.05, 0) is 31.0 Å². The van der Waals surface area contributed by atoms with Crippen molar-refractivity contribution in [1.29, 1.82) is 0 Å². The van der Waals surface area contributed by atoms with Crippen LogP contribution in [-0.2, 0) is 5.60 Å². The highest BCUT2D eigenvalue weighted by atomic mass is 35.5. The van der Waals surface area contributed by atoms with Crippen LogP contribution in [0, 0.1) is 0 Å². The molecule has 1 nitrogen and oxygen atoms in total. The Morgan fingerprint density at radius 3 is 2.25 bits per heavy atom. The van der Waals surface area contributed by atoms with Gasteiger partial charge < -0.3 is 5.11 Å². The molecule has 0 aliphatic heterocycles. The average molecular weight is 259 g/mol. The highest BCUT2D eigenvalue weighted by molar-refractivity contribution is 6.33. The Morgan fingerprint density at radius 1 is 1.00 bits per heavy atom. The van der Waals surface area contributed by atoms with Crippen molar-refractivity contribution in [2.24, 2.45) is 0 Å². The zero-order valence-electron chi connectivity index (χ0n) is 9.18. The Morgan fingerprint density at radius 2 is 1.62 bits per heavy atom. The van der Waals surface area contributed by atoms with E-state index < -0.39 is 5.60 Å². The average Bonchev–Trinajstić information content (AvgIpc) is 2.48. The van der Waals surface area contributed by atoms with Gasteiger partial charge in [0.1, 0.15) is 0 Å². The van der Waals surface area contributed by atoms with Crippen molar-refractivity contribution in [3.05, 3.63) is 33.8 Å². The van der Waals surface area contributed by atoms with Crippen LogP contribution >= 0.6 is 23.2 Å². The van der Waals surface area contributed by atoms with Gasteiger partial charge in [-0.15, -0.1) is 0 Å².